The molecule has 0 radical (unpaired) electrons. The molecule has 6 heteroatoms. The summed E-state index contributed by atoms with van der Waals surface area (Å²) in [7, 11) is 0. The van der Waals surface area contributed by atoms with Crippen LogP contribution in [0.1, 0.15) is 23.7 Å². The maximum absolute atomic E-state index is 13.9. The van der Waals surface area contributed by atoms with Crippen molar-refractivity contribution in [3.05, 3.63) is 71.6 Å². The van der Waals surface area contributed by atoms with Crippen molar-refractivity contribution in [3.8, 4) is 11.1 Å². The number of nitrogens with zero attached hydrogens (tertiary/aromatic N) is 3. The first-order valence-corrected chi connectivity index (χ1v) is 9.73. The van der Waals surface area contributed by atoms with Crippen LogP contribution in [0.2, 0.25) is 0 Å². The molecule has 0 atom stereocenters. The van der Waals surface area contributed by atoms with E-state index in [1.165, 1.54) is 11.6 Å². The first-order chi connectivity index (χ1) is 13.8. The fourth-order valence-electron chi connectivity index (χ4n) is 3.41. The summed E-state index contributed by atoms with van der Waals surface area (Å²) >= 11 is 0. The predicted octanol–water partition coefficient (Wildman–Crippen LogP) is 3.88. The van der Waals surface area contributed by atoms with E-state index in [2.05, 4.69) is 27.2 Å². The van der Waals surface area contributed by atoms with Crippen molar-refractivity contribution >= 4 is 0 Å². The Morgan fingerprint density at radius 3 is 2.54 bits per heavy atom. The third kappa shape index (κ3) is 4.82. The van der Waals surface area contributed by atoms with Gasteiger partial charge in [0.2, 0.25) is 5.89 Å². The number of hydrogen-bond acceptors (Lipinski definition) is 5. The lowest BCUT2D eigenvalue weighted by Crippen LogP contribution is -2.35. The average molecular weight is 381 g/mol. The van der Waals surface area contributed by atoms with Crippen LogP contribution in [0.25, 0.3) is 11.1 Å². The van der Waals surface area contributed by atoms with Gasteiger partial charge in [-0.2, -0.15) is 4.98 Å². The van der Waals surface area contributed by atoms with Gasteiger partial charge in [-0.3, -0.25) is 4.90 Å². The number of aromatic nitrogens is 2. The number of benzene rings is 2. The van der Waals surface area contributed by atoms with Gasteiger partial charge in [-0.1, -0.05) is 47.6 Å². The van der Waals surface area contributed by atoms with Crippen molar-refractivity contribution in [3.63, 3.8) is 0 Å². The summed E-state index contributed by atoms with van der Waals surface area (Å²) < 4.78 is 24.6. The average Bonchev–Trinajstić information content (AvgIpc) is 3.17. The van der Waals surface area contributed by atoms with Gasteiger partial charge >= 0.3 is 0 Å². The molecule has 0 saturated carbocycles. The van der Waals surface area contributed by atoms with Crippen LogP contribution in [0, 0.1) is 5.82 Å². The molecule has 5 nitrogen and oxygen atoms in total. The Bertz CT molecular complexity index is 889. The second kappa shape index (κ2) is 9.08. The maximum Gasteiger partial charge on any atom is 0.226 e. The summed E-state index contributed by atoms with van der Waals surface area (Å²) in [5, 5.41) is 4.09. The molecule has 2 heterocycles. The molecule has 1 aliphatic heterocycles. The normalized spacial score (nSPS) is 15.0. The SMILES string of the molecule is Fc1ccccc1-c1ccc(CCCc2nc(CN3CCOCC3)no2)cc1. The van der Waals surface area contributed by atoms with Crippen molar-refractivity contribution in [2.45, 2.75) is 25.8 Å². The number of ether oxygens (including phenoxy) is 1. The van der Waals surface area contributed by atoms with E-state index in [0.29, 0.717) is 18.0 Å². The number of hydrogen-bond donors (Lipinski definition) is 0. The highest BCUT2D eigenvalue weighted by molar-refractivity contribution is 5.64. The molecule has 2 aromatic carbocycles. The van der Waals surface area contributed by atoms with Crippen molar-refractivity contribution in [2.24, 2.45) is 0 Å². The smallest absolute Gasteiger partial charge is 0.226 e. The van der Waals surface area contributed by atoms with Crippen LogP contribution in [0.5, 0.6) is 0 Å². The maximum atomic E-state index is 13.9. The molecule has 0 bridgehead atoms. The Morgan fingerprint density at radius 1 is 0.964 bits per heavy atom. The molecule has 1 fully saturated rings. The number of morpholine rings is 1. The van der Waals surface area contributed by atoms with E-state index in [1.54, 1.807) is 12.1 Å². The van der Waals surface area contributed by atoms with Gasteiger partial charge in [0.25, 0.3) is 0 Å². The van der Waals surface area contributed by atoms with E-state index in [4.69, 9.17) is 9.26 Å². The monoisotopic (exact) mass is 381 g/mol. The molecule has 4 rings (SSSR count). The third-order valence-corrected chi connectivity index (χ3v) is 4.97. The Balaban J connectivity index is 1.27. The summed E-state index contributed by atoms with van der Waals surface area (Å²) in [6.45, 7) is 4.06. The molecule has 3 aromatic rings. The zero-order valence-corrected chi connectivity index (χ0v) is 15.8. The standard InChI is InChI=1S/C22H24FN3O2/c23-20-6-2-1-5-19(20)18-10-8-17(9-11-18)4-3-7-22-24-21(25-28-22)16-26-12-14-27-15-13-26/h1-2,5-6,8-11H,3-4,7,12-16H2. The van der Waals surface area contributed by atoms with Gasteiger partial charge in [-0.15, -0.1) is 0 Å². The van der Waals surface area contributed by atoms with E-state index >= 15 is 0 Å². The third-order valence-electron chi connectivity index (χ3n) is 4.97. The van der Waals surface area contributed by atoms with Crippen LogP contribution >= 0.6 is 0 Å². The molecule has 0 aliphatic carbocycles. The van der Waals surface area contributed by atoms with Crippen LogP contribution in [0.3, 0.4) is 0 Å². The van der Waals surface area contributed by atoms with Crippen LogP contribution in [-0.4, -0.2) is 41.3 Å². The van der Waals surface area contributed by atoms with Crippen LogP contribution in [0.15, 0.2) is 53.1 Å². The zero-order chi connectivity index (χ0) is 19.2. The minimum absolute atomic E-state index is 0.195. The lowest BCUT2D eigenvalue weighted by atomic mass is 10.0. The first-order valence-electron chi connectivity index (χ1n) is 9.73. The second-order valence-corrected chi connectivity index (χ2v) is 7.02. The molecule has 1 saturated heterocycles. The Kier molecular flexibility index (Phi) is 6.09. The summed E-state index contributed by atoms with van der Waals surface area (Å²) in [6, 6.07) is 14.9. The lowest BCUT2D eigenvalue weighted by Gasteiger charge is -2.24. The largest absolute Gasteiger partial charge is 0.379 e. The molecule has 0 spiro atoms. The quantitative estimate of drug-likeness (QED) is 0.622. The topological polar surface area (TPSA) is 51.4 Å². The molecular weight excluding hydrogens is 357 g/mol. The van der Waals surface area contributed by atoms with Gasteiger partial charge in [-0.05, 0) is 30.0 Å². The number of halogens is 1. The molecule has 0 N–H and O–H groups in total. The highest BCUT2D eigenvalue weighted by atomic mass is 19.1. The molecule has 146 valence electrons. The molecule has 0 unspecified atom stereocenters. The van der Waals surface area contributed by atoms with Crippen molar-refractivity contribution < 1.29 is 13.7 Å². The Morgan fingerprint density at radius 2 is 1.75 bits per heavy atom. The summed E-state index contributed by atoms with van der Waals surface area (Å²) in [6.07, 6.45) is 2.60. The Labute approximate surface area is 164 Å². The summed E-state index contributed by atoms with van der Waals surface area (Å²) in [5.74, 6) is 1.23. The van der Waals surface area contributed by atoms with E-state index in [0.717, 1.165) is 57.0 Å². The summed E-state index contributed by atoms with van der Waals surface area (Å²) in [5.41, 5.74) is 2.74. The van der Waals surface area contributed by atoms with Crippen LogP contribution in [-0.2, 0) is 24.1 Å². The van der Waals surface area contributed by atoms with Crippen LogP contribution < -0.4 is 0 Å². The minimum Gasteiger partial charge on any atom is -0.379 e. The van der Waals surface area contributed by atoms with Gasteiger partial charge in [0.15, 0.2) is 5.82 Å². The molecule has 1 aromatic heterocycles. The van der Waals surface area contributed by atoms with E-state index < -0.39 is 0 Å². The predicted molar refractivity (Wildman–Crippen MR) is 104 cm³/mol. The highest BCUT2D eigenvalue weighted by Crippen LogP contribution is 2.23. The van der Waals surface area contributed by atoms with Crippen molar-refractivity contribution in [1.29, 1.82) is 0 Å². The van der Waals surface area contributed by atoms with Gasteiger partial charge in [0, 0.05) is 25.1 Å². The van der Waals surface area contributed by atoms with Gasteiger partial charge < -0.3 is 9.26 Å². The first kappa shape index (κ1) is 18.8. The lowest BCUT2D eigenvalue weighted by molar-refractivity contribution is 0.0327. The van der Waals surface area contributed by atoms with E-state index in [9.17, 15) is 4.39 Å². The number of rotatable bonds is 7. The molecular formula is C22H24FN3O2. The van der Waals surface area contributed by atoms with Gasteiger partial charge in [0.1, 0.15) is 5.82 Å². The zero-order valence-electron chi connectivity index (χ0n) is 15.8. The molecule has 28 heavy (non-hydrogen) atoms. The van der Waals surface area contributed by atoms with Gasteiger partial charge in [0.05, 0.1) is 19.8 Å². The highest BCUT2D eigenvalue weighted by Gasteiger charge is 2.14. The van der Waals surface area contributed by atoms with E-state index in [-0.39, 0.29) is 5.82 Å². The fraction of sp³-hybridized carbons (Fsp3) is 0.364. The minimum atomic E-state index is -0.195. The second-order valence-electron chi connectivity index (χ2n) is 7.02. The van der Waals surface area contributed by atoms with Gasteiger partial charge in [-0.25, -0.2) is 4.39 Å². The van der Waals surface area contributed by atoms with Crippen molar-refractivity contribution in [2.75, 3.05) is 26.3 Å². The number of aryl methyl sites for hydroxylation is 2. The molecule has 0 amide bonds. The molecule has 1 aliphatic rings. The fourth-order valence-corrected chi connectivity index (χ4v) is 3.41. The van der Waals surface area contributed by atoms with Crippen LogP contribution in [0.4, 0.5) is 4.39 Å². The summed E-state index contributed by atoms with van der Waals surface area (Å²) in [4.78, 5) is 6.77. The van der Waals surface area contributed by atoms with Crippen molar-refractivity contribution in [1.82, 2.24) is 15.0 Å². The van der Waals surface area contributed by atoms with E-state index in [1.807, 2.05) is 18.2 Å². The Hall–Kier alpha value is -2.57.